The molecule has 4 rings (SSSR count). The van der Waals surface area contributed by atoms with Crippen LogP contribution in [0.4, 0.5) is 0 Å². The van der Waals surface area contributed by atoms with Crippen LogP contribution in [0.3, 0.4) is 0 Å². The highest BCUT2D eigenvalue weighted by Gasteiger charge is 2.32. The number of ether oxygens (including phenoxy) is 2. The lowest BCUT2D eigenvalue weighted by Gasteiger charge is -2.42. The molecule has 0 radical (unpaired) electrons. The van der Waals surface area contributed by atoms with E-state index in [1.807, 2.05) is 19.1 Å². The number of carbonyl (C=O) groups is 1. The van der Waals surface area contributed by atoms with E-state index in [4.69, 9.17) is 9.47 Å². The molecule has 0 aromatic heterocycles. The summed E-state index contributed by atoms with van der Waals surface area (Å²) in [5.41, 5.74) is 2.97. The number of hydrogen-bond acceptors (Lipinski definition) is 5. The van der Waals surface area contributed by atoms with Crippen molar-refractivity contribution >= 4 is 5.97 Å². The smallest absolute Gasteiger partial charge is 0.338 e. The molecule has 118 valence electrons. The fourth-order valence-electron chi connectivity index (χ4n) is 3.68. The first kappa shape index (κ1) is 14.2. The molecule has 5 nitrogen and oxygen atoms in total. The molecular weight excluding hydrogens is 280 g/mol. The Morgan fingerprint density at radius 2 is 2.27 bits per heavy atom. The predicted octanol–water partition coefficient (Wildman–Crippen LogP) is 1.13. The number of nitrogens with zero attached hydrogens (tertiary/aromatic N) is 1. The lowest BCUT2D eigenvalue weighted by atomic mass is 9.94. The standard InChI is InChI=1S/C17H22N2O3/c1-11-6-13-7-12(2-3-15(13)17(20)22-11)16-9-19-5-4-18-8-14(19)10-21-16/h2-3,7,11,14,16,18H,4-6,8-10H2,1H3/t11-,14-,16-/m0/s1. The van der Waals surface area contributed by atoms with Crippen LogP contribution >= 0.6 is 0 Å². The van der Waals surface area contributed by atoms with Gasteiger partial charge in [0.05, 0.1) is 18.3 Å². The Bertz CT molecular complexity index is 589. The van der Waals surface area contributed by atoms with E-state index in [1.54, 1.807) is 0 Å². The van der Waals surface area contributed by atoms with Gasteiger partial charge in [0.25, 0.3) is 0 Å². The van der Waals surface area contributed by atoms with E-state index < -0.39 is 0 Å². The summed E-state index contributed by atoms with van der Waals surface area (Å²) in [5, 5.41) is 3.42. The molecule has 2 fully saturated rings. The largest absolute Gasteiger partial charge is 0.459 e. The van der Waals surface area contributed by atoms with E-state index in [1.165, 1.54) is 5.56 Å². The highest BCUT2D eigenvalue weighted by Crippen LogP contribution is 2.29. The van der Waals surface area contributed by atoms with Crippen LogP contribution in [0, 0.1) is 0 Å². The average molecular weight is 302 g/mol. The van der Waals surface area contributed by atoms with Crippen molar-refractivity contribution in [3.63, 3.8) is 0 Å². The molecule has 3 atom stereocenters. The maximum Gasteiger partial charge on any atom is 0.338 e. The molecular formula is C17H22N2O3. The Morgan fingerprint density at radius 3 is 3.18 bits per heavy atom. The number of nitrogens with one attached hydrogen (secondary N) is 1. The van der Waals surface area contributed by atoms with E-state index in [0.717, 1.165) is 44.8 Å². The lowest BCUT2D eigenvalue weighted by Crippen LogP contribution is -2.57. The Labute approximate surface area is 130 Å². The van der Waals surface area contributed by atoms with Crippen molar-refractivity contribution in [2.45, 2.75) is 31.6 Å². The Balaban J connectivity index is 1.56. The molecule has 0 unspecified atom stereocenters. The Morgan fingerprint density at radius 1 is 1.36 bits per heavy atom. The number of rotatable bonds is 1. The number of morpholine rings is 1. The second-order valence-electron chi connectivity index (χ2n) is 6.51. The quantitative estimate of drug-likeness (QED) is 0.788. The molecule has 0 aliphatic carbocycles. The first-order chi connectivity index (χ1) is 10.7. The van der Waals surface area contributed by atoms with Crippen LogP contribution in [0.1, 0.15) is 34.5 Å². The third kappa shape index (κ3) is 2.53. The summed E-state index contributed by atoms with van der Waals surface area (Å²) < 4.78 is 11.4. The van der Waals surface area contributed by atoms with Crippen molar-refractivity contribution < 1.29 is 14.3 Å². The van der Waals surface area contributed by atoms with E-state index in [2.05, 4.69) is 16.3 Å². The number of esters is 1. The maximum absolute atomic E-state index is 11.9. The van der Waals surface area contributed by atoms with Crippen molar-refractivity contribution in [2.75, 3.05) is 32.8 Å². The maximum atomic E-state index is 11.9. The van der Waals surface area contributed by atoms with Crippen LogP contribution in [0.25, 0.3) is 0 Å². The SMILES string of the molecule is C[C@H]1Cc2cc([C@@H]3CN4CCNC[C@H]4CO3)ccc2C(=O)O1. The van der Waals surface area contributed by atoms with Gasteiger partial charge in [-0.05, 0) is 24.1 Å². The summed E-state index contributed by atoms with van der Waals surface area (Å²) in [7, 11) is 0. The minimum absolute atomic E-state index is 0.0416. The summed E-state index contributed by atoms with van der Waals surface area (Å²) >= 11 is 0. The number of benzene rings is 1. The zero-order chi connectivity index (χ0) is 15.1. The average Bonchev–Trinajstić information content (AvgIpc) is 2.53. The summed E-state index contributed by atoms with van der Waals surface area (Å²) in [6.07, 6.45) is 0.853. The molecule has 5 heteroatoms. The van der Waals surface area contributed by atoms with Gasteiger partial charge < -0.3 is 14.8 Å². The van der Waals surface area contributed by atoms with Crippen LogP contribution in [0.15, 0.2) is 18.2 Å². The fourth-order valence-corrected chi connectivity index (χ4v) is 3.68. The van der Waals surface area contributed by atoms with Gasteiger partial charge >= 0.3 is 5.97 Å². The van der Waals surface area contributed by atoms with E-state index >= 15 is 0 Å². The van der Waals surface area contributed by atoms with Crippen molar-refractivity contribution in [3.8, 4) is 0 Å². The first-order valence-electron chi connectivity index (χ1n) is 8.11. The topological polar surface area (TPSA) is 50.8 Å². The molecule has 0 spiro atoms. The van der Waals surface area contributed by atoms with Crippen LogP contribution < -0.4 is 5.32 Å². The highest BCUT2D eigenvalue weighted by molar-refractivity contribution is 5.92. The van der Waals surface area contributed by atoms with Gasteiger partial charge in [-0.25, -0.2) is 4.79 Å². The third-order valence-corrected chi connectivity index (χ3v) is 4.90. The van der Waals surface area contributed by atoms with Crippen molar-refractivity contribution in [2.24, 2.45) is 0 Å². The van der Waals surface area contributed by atoms with Gasteiger partial charge in [0, 0.05) is 38.6 Å². The normalized spacial score (nSPS) is 32.0. The van der Waals surface area contributed by atoms with Crippen LogP contribution in [0.5, 0.6) is 0 Å². The molecule has 1 aromatic rings. The van der Waals surface area contributed by atoms with E-state index in [-0.39, 0.29) is 18.2 Å². The minimum Gasteiger partial charge on any atom is -0.459 e. The first-order valence-corrected chi connectivity index (χ1v) is 8.11. The van der Waals surface area contributed by atoms with E-state index in [0.29, 0.717) is 11.6 Å². The molecule has 2 saturated heterocycles. The zero-order valence-electron chi connectivity index (χ0n) is 12.9. The second-order valence-corrected chi connectivity index (χ2v) is 6.51. The molecule has 1 N–H and O–H groups in total. The number of piperazine rings is 1. The molecule has 3 aliphatic heterocycles. The minimum atomic E-state index is -0.202. The number of cyclic esters (lactones) is 1. The van der Waals surface area contributed by atoms with Crippen molar-refractivity contribution in [1.29, 1.82) is 0 Å². The molecule has 1 aromatic carbocycles. The predicted molar refractivity (Wildman–Crippen MR) is 81.9 cm³/mol. The monoisotopic (exact) mass is 302 g/mol. The van der Waals surface area contributed by atoms with Crippen LogP contribution in [-0.2, 0) is 15.9 Å². The molecule has 3 aliphatic rings. The van der Waals surface area contributed by atoms with Crippen molar-refractivity contribution in [1.82, 2.24) is 10.2 Å². The highest BCUT2D eigenvalue weighted by atomic mass is 16.5. The van der Waals surface area contributed by atoms with Gasteiger partial charge in [-0.2, -0.15) is 0 Å². The molecule has 0 saturated carbocycles. The van der Waals surface area contributed by atoms with Crippen LogP contribution in [0.2, 0.25) is 0 Å². The molecule has 0 amide bonds. The van der Waals surface area contributed by atoms with Gasteiger partial charge in [0.15, 0.2) is 0 Å². The third-order valence-electron chi connectivity index (χ3n) is 4.90. The number of carbonyl (C=O) groups excluding carboxylic acids is 1. The van der Waals surface area contributed by atoms with Crippen LogP contribution in [-0.4, -0.2) is 55.8 Å². The second kappa shape index (κ2) is 5.65. The molecule has 0 bridgehead atoms. The molecule has 22 heavy (non-hydrogen) atoms. The zero-order valence-corrected chi connectivity index (χ0v) is 12.9. The van der Waals surface area contributed by atoms with Gasteiger partial charge in [-0.1, -0.05) is 12.1 Å². The summed E-state index contributed by atoms with van der Waals surface area (Å²) in [4.78, 5) is 14.4. The van der Waals surface area contributed by atoms with E-state index in [9.17, 15) is 4.79 Å². The number of hydrogen-bond donors (Lipinski definition) is 1. The van der Waals surface area contributed by atoms with Crippen molar-refractivity contribution in [3.05, 3.63) is 34.9 Å². The van der Waals surface area contributed by atoms with Gasteiger partial charge in [-0.3, -0.25) is 4.90 Å². The van der Waals surface area contributed by atoms with Gasteiger partial charge in [0.1, 0.15) is 6.10 Å². The summed E-state index contributed by atoms with van der Waals surface area (Å²) in [6, 6.07) is 6.55. The lowest BCUT2D eigenvalue weighted by molar-refractivity contribution is -0.0718. The summed E-state index contributed by atoms with van der Waals surface area (Å²) in [6.45, 7) is 6.80. The van der Waals surface area contributed by atoms with Gasteiger partial charge in [-0.15, -0.1) is 0 Å². The Hall–Kier alpha value is -1.43. The number of fused-ring (bicyclic) bond motifs is 2. The molecule has 3 heterocycles. The summed E-state index contributed by atoms with van der Waals surface area (Å²) in [5.74, 6) is -0.202. The Kier molecular flexibility index (Phi) is 3.64. The van der Waals surface area contributed by atoms with Gasteiger partial charge in [0.2, 0.25) is 0 Å². The fraction of sp³-hybridized carbons (Fsp3) is 0.588.